The summed E-state index contributed by atoms with van der Waals surface area (Å²) in [6.07, 6.45) is 2.07. The fourth-order valence-corrected chi connectivity index (χ4v) is 3.91. The number of carboxylic acids is 2. The monoisotopic (exact) mass is 346 g/mol. The summed E-state index contributed by atoms with van der Waals surface area (Å²) in [5, 5.41) is 21.7. The van der Waals surface area contributed by atoms with Gasteiger partial charge in [-0.1, -0.05) is 30.3 Å². The zero-order valence-corrected chi connectivity index (χ0v) is 13.8. The molecule has 1 aromatic carbocycles. The zero-order valence-electron chi connectivity index (χ0n) is 13.8. The molecule has 2 heterocycles. The van der Waals surface area contributed by atoms with Crippen molar-refractivity contribution >= 4 is 17.8 Å². The van der Waals surface area contributed by atoms with Gasteiger partial charge in [0, 0.05) is 6.54 Å². The first-order valence-corrected chi connectivity index (χ1v) is 8.53. The Hall–Kier alpha value is -2.41. The van der Waals surface area contributed by atoms with Crippen molar-refractivity contribution in [3.63, 3.8) is 0 Å². The normalized spacial score (nSPS) is 28.9. The molecule has 2 fully saturated rings. The van der Waals surface area contributed by atoms with Crippen LogP contribution in [0.15, 0.2) is 30.3 Å². The smallest absolute Gasteiger partial charge is 0.326 e. The molecule has 2 saturated heterocycles. The van der Waals surface area contributed by atoms with E-state index in [1.807, 2.05) is 30.3 Å². The van der Waals surface area contributed by atoms with Crippen LogP contribution in [0, 0.1) is 5.92 Å². The number of amides is 1. The number of carboxylic acid groups (broad SMARTS) is 2. The quantitative estimate of drug-likeness (QED) is 0.726. The van der Waals surface area contributed by atoms with Crippen molar-refractivity contribution < 1.29 is 24.6 Å². The molecule has 7 nitrogen and oxygen atoms in total. The number of likely N-dealkylation sites (tertiary alicyclic amines) is 1. The van der Waals surface area contributed by atoms with E-state index in [9.17, 15) is 24.6 Å². The fraction of sp³-hybridized carbons (Fsp3) is 0.500. The number of carbonyl (C=O) groups is 3. The summed E-state index contributed by atoms with van der Waals surface area (Å²) in [5.74, 6) is -2.49. The standard InChI is InChI=1S/C18H22N2O5/c21-16(20-8-4-7-14(20)17(22)23)13-10-12(15(19-13)18(24)25)9-11-5-2-1-3-6-11/h1-3,5-6,12-15,19H,4,7-10H2,(H,22,23)(H,24,25)/t12-,13-,14?,15-/m0/s1. The minimum Gasteiger partial charge on any atom is -0.480 e. The highest BCUT2D eigenvalue weighted by Gasteiger charge is 2.45. The predicted octanol–water partition coefficient (Wildman–Crippen LogP) is 0.736. The average Bonchev–Trinajstić information content (AvgIpc) is 3.22. The van der Waals surface area contributed by atoms with Crippen LogP contribution in [0.2, 0.25) is 0 Å². The third-order valence-electron chi connectivity index (χ3n) is 5.12. The Kier molecular flexibility index (Phi) is 5.03. The molecular weight excluding hydrogens is 324 g/mol. The molecule has 2 aliphatic heterocycles. The zero-order chi connectivity index (χ0) is 18.0. The van der Waals surface area contributed by atoms with Crippen LogP contribution < -0.4 is 5.32 Å². The second kappa shape index (κ2) is 7.23. The maximum Gasteiger partial charge on any atom is 0.326 e. The van der Waals surface area contributed by atoms with Gasteiger partial charge in [-0.15, -0.1) is 0 Å². The van der Waals surface area contributed by atoms with Crippen LogP contribution in [0.4, 0.5) is 0 Å². The number of nitrogens with zero attached hydrogens (tertiary/aromatic N) is 1. The van der Waals surface area contributed by atoms with E-state index in [0.29, 0.717) is 32.2 Å². The molecule has 0 saturated carbocycles. The number of carbonyl (C=O) groups excluding carboxylic acids is 1. The first kappa shape index (κ1) is 17.4. The van der Waals surface area contributed by atoms with Crippen molar-refractivity contribution in [2.24, 2.45) is 5.92 Å². The molecule has 134 valence electrons. The van der Waals surface area contributed by atoms with Gasteiger partial charge in [0.15, 0.2) is 0 Å². The molecule has 1 amide bonds. The van der Waals surface area contributed by atoms with Gasteiger partial charge in [-0.2, -0.15) is 0 Å². The van der Waals surface area contributed by atoms with Crippen molar-refractivity contribution in [1.82, 2.24) is 10.2 Å². The molecular formula is C18H22N2O5. The third kappa shape index (κ3) is 3.66. The third-order valence-corrected chi connectivity index (χ3v) is 5.12. The first-order chi connectivity index (χ1) is 12.0. The molecule has 0 bridgehead atoms. The summed E-state index contributed by atoms with van der Waals surface area (Å²) in [6.45, 7) is 0.412. The highest BCUT2D eigenvalue weighted by molar-refractivity contribution is 5.89. The maximum atomic E-state index is 12.7. The molecule has 0 spiro atoms. The van der Waals surface area contributed by atoms with Gasteiger partial charge >= 0.3 is 11.9 Å². The van der Waals surface area contributed by atoms with Gasteiger partial charge in [-0.25, -0.2) is 4.79 Å². The Labute approximate surface area is 145 Å². The molecule has 1 unspecified atom stereocenters. The first-order valence-electron chi connectivity index (χ1n) is 8.53. The van der Waals surface area contributed by atoms with Crippen molar-refractivity contribution in [2.45, 2.75) is 43.8 Å². The highest BCUT2D eigenvalue weighted by atomic mass is 16.4. The Morgan fingerprint density at radius 1 is 1.12 bits per heavy atom. The average molecular weight is 346 g/mol. The number of hydrogen-bond acceptors (Lipinski definition) is 4. The maximum absolute atomic E-state index is 12.7. The van der Waals surface area contributed by atoms with Gasteiger partial charge in [0.2, 0.25) is 5.91 Å². The molecule has 0 aromatic heterocycles. The van der Waals surface area contributed by atoms with Gasteiger partial charge in [0.05, 0.1) is 6.04 Å². The Morgan fingerprint density at radius 2 is 1.84 bits per heavy atom. The van der Waals surface area contributed by atoms with Crippen molar-refractivity contribution in [1.29, 1.82) is 0 Å². The van der Waals surface area contributed by atoms with E-state index in [1.165, 1.54) is 4.90 Å². The lowest BCUT2D eigenvalue weighted by atomic mass is 9.91. The Balaban J connectivity index is 1.72. The van der Waals surface area contributed by atoms with Crippen LogP contribution in [0.5, 0.6) is 0 Å². The second-order valence-corrected chi connectivity index (χ2v) is 6.75. The number of aliphatic carboxylic acids is 2. The minimum absolute atomic E-state index is 0.209. The van der Waals surface area contributed by atoms with Crippen LogP contribution in [0.1, 0.15) is 24.8 Å². The number of benzene rings is 1. The van der Waals surface area contributed by atoms with Crippen LogP contribution in [0.25, 0.3) is 0 Å². The van der Waals surface area contributed by atoms with Gasteiger partial charge in [-0.3, -0.25) is 14.9 Å². The summed E-state index contributed by atoms with van der Waals surface area (Å²) in [7, 11) is 0. The predicted molar refractivity (Wildman–Crippen MR) is 89.0 cm³/mol. The van der Waals surface area contributed by atoms with Crippen LogP contribution in [-0.2, 0) is 20.8 Å². The largest absolute Gasteiger partial charge is 0.480 e. The van der Waals surface area contributed by atoms with Gasteiger partial charge in [0.1, 0.15) is 12.1 Å². The number of nitrogens with one attached hydrogen (secondary N) is 1. The molecule has 1 aromatic rings. The summed E-state index contributed by atoms with van der Waals surface area (Å²) in [5.41, 5.74) is 1.03. The van der Waals surface area contributed by atoms with Gasteiger partial charge in [-0.05, 0) is 37.2 Å². The molecule has 7 heteroatoms. The second-order valence-electron chi connectivity index (χ2n) is 6.75. The van der Waals surface area contributed by atoms with E-state index in [-0.39, 0.29) is 11.8 Å². The molecule has 0 radical (unpaired) electrons. The van der Waals surface area contributed by atoms with E-state index in [0.717, 1.165) is 5.56 Å². The lowest BCUT2D eigenvalue weighted by Gasteiger charge is -2.24. The summed E-state index contributed by atoms with van der Waals surface area (Å²) < 4.78 is 0. The molecule has 3 N–H and O–H groups in total. The van der Waals surface area contributed by atoms with Crippen molar-refractivity contribution in [3.05, 3.63) is 35.9 Å². The fourth-order valence-electron chi connectivity index (χ4n) is 3.91. The topological polar surface area (TPSA) is 107 Å². The summed E-state index contributed by atoms with van der Waals surface area (Å²) in [6, 6.07) is 7.33. The van der Waals surface area contributed by atoms with Crippen molar-refractivity contribution in [3.8, 4) is 0 Å². The highest BCUT2D eigenvalue weighted by Crippen LogP contribution is 2.28. The molecule has 25 heavy (non-hydrogen) atoms. The molecule has 2 aliphatic rings. The van der Waals surface area contributed by atoms with E-state index < -0.39 is 30.1 Å². The van der Waals surface area contributed by atoms with Gasteiger partial charge < -0.3 is 15.1 Å². The van der Waals surface area contributed by atoms with Crippen LogP contribution in [0.3, 0.4) is 0 Å². The van der Waals surface area contributed by atoms with E-state index in [2.05, 4.69) is 5.32 Å². The SMILES string of the molecule is O=C(O)C1CCCN1C(=O)[C@@H]1C[C@H](Cc2ccccc2)[C@@H](C(=O)O)N1. The van der Waals surface area contributed by atoms with Crippen molar-refractivity contribution in [2.75, 3.05) is 6.54 Å². The Morgan fingerprint density at radius 3 is 2.48 bits per heavy atom. The Bertz CT molecular complexity index is 663. The summed E-state index contributed by atoms with van der Waals surface area (Å²) in [4.78, 5) is 37.0. The minimum atomic E-state index is -1.00. The lowest BCUT2D eigenvalue weighted by Crippen LogP contribution is -2.50. The van der Waals surface area contributed by atoms with E-state index in [4.69, 9.17) is 0 Å². The number of hydrogen-bond donors (Lipinski definition) is 3. The van der Waals surface area contributed by atoms with Crippen LogP contribution >= 0.6 is 0 Å². The summed E-state index contributed by atoms with van der Waals surface area (Å²) >= 11 is 0. The van der Waals surface area contributed by atoms with E-state index >= 15 is 0 Å². The van der Waals surface area contributed by atoms with Gasteiger partial charge in [0.25, 0.3) is 0 Å². The number of rotatable bonds is 5. The lowest BCUT2D eigenvalue weighted by molar-refractivity contribution is -0.149. The van der Waals surface area contributed by atoms with Crippen LogP contribution in [-0.4, -0.2) is 57.6 Å². The molecule has 4 atom stereocenters. The molecule has 3 rings (SSSR count). The molecule has 0 aliphatic carbocycles. The van der Waals surface area contributed by atoms with E-state index in [1.54, 1.807) is 0 Å².